The van der Waals surface area contributed by atoms with E-state index in [9.17, 15) is 9.59 Å². The van der Waals surface area contributed by atoms with Gasteiger partial charge in [-0.1, -0.05) is 13.0 Å². The maximum Gasteiger partial charge on any atom is 0.265 e. The monoisotopic (exact) mass is 357 g/mol. The number of piperidine rings is 1. The van der Waals surface area contributed by atoms with E-state index in [0.717, 1.165) is 25.2 Å². The summed E-state index contributed by atoms with van der Waals surface area (Å²) >= 11 is 1.40. The van der Waals surface area contributed by atoms with E-state index in [0.29, 0.717) is 23.0 Å². The smallest absolute Gasteiger partial charge is 0.265 e. The molecule has 0 bridgehead atoms. The minimum absolute atomic E-state index is 0.00414. The second kappa shape index (κ2) is 8.27. The molecule has 5 nitrogen and oxygen atoms in total. The Kier molecular flexibility index (Phi) is 5.83. The largest absolute Gasteiger partial charge is 0.325 e. The van der Waals surface area contributed by atoms with E-state index in [1.165, 1.54) is 17.8 Å². The molecule has 1 atom stereocenters. The van der Waals surface area contributed by atoms with Crippen LogP contribution in [0.4, 0.5) is 11.4 Å². The lowest BCUT2D eigenvalue weighted by Gasteiger charge is -2.30. The predicted octanol–water partition coefficient (Wildman–Crippen LogP) is 3.67. The summed E-state index contributed by atoms with van der Waals surface area (Å²) in [7, 11) is 0. The zero-order chi connectivity index (χ0) is 17.6. The molecule has 1 aliphatic heterocycles. The summed E-state index contributed by atoms with van der Waals surface area (Å²) in [5.74, 6) is 0.545. The molecule has 1 aromatic heterocycles. The molecule has 2 N–H and O–H groups in total. The molecule has 3 rings (SSSR count). The number of likely N-dealkylation sites (tertiary alicyclic amines) is 1. The fraction of sp³-hybridized carbons (Fsp3) is 0.368. The first-order valence-electron chi connectivity index (χ1n) is 8.57. The summed E-state index contributed by atoms with van der Waals surface area (Å²) in [5.41, 5.74) is 1.45. The van der Waals surface area contributed by atoms with Crippen LogP contribution in [0.2, 0.25) is 0 Å². The molecule has 0 radical (unpaired) electrons. The van der Waals surface area contributed by atoms with Gasteiger partial charge in [0.05, 0.1) is 11.4 Å². The number of carbonyl (C=O) groups is 2. The van der Waals surface area contributed by atoms with Crippen molar-refractivity contribution in [2.24, 2.45) is 5.92 Å². The first-order chi connectivity index (χ1) is 12.1. The van der Waals surface area contributed by atoms with Gasteiger partial charge >= 0.3 is 0 Å². The van der Waals surface area contributed by atoms with Crippen molar-refractivity contribution in [3.05, 3.63) is 46.7 Å². The van der Waals surface area contributed by atoms with Crippen molar-refractivity contribution in [2.75, 3.05) is 30.3 Å². The average Bonchev–Trinajstić information content (AvgIpc) is 3.11. The van der Waals surface area contributed by atoms with Crippen LogP contribution in [0, 0.1) is 5.92 Å². The summed E-state index contributed by atoms with van der Waals surface area (Å²) in [4.78, 5) is 27.1. The molecule has 2 heterocycles. The van der Waals surface area contributed by atoms with Gasteiger partial charge in [-0.3, -0.25) is 14.5 Å². The van der Waals surface area contributed by atoms with Gasteiger partial charge in [-0.2, -0.15) is 0 Å². The number of hydrogen-bond acceptors (Lipinski definition) is 4. The first-order valence-corrected chi connectivity index (χ1v) is 9.45. The van der Waals surface area contributed by atoms with Gasteiger partial charge in [0.2, 0.25) is 5.91 Å². The van der Waals surface area contributed by atoms with Gasteiger partial charge in [0.15, 0.2) is 0 Å². The molecule has 6 heteroatoms. The summed E-state index contributed by atoms with van der Waals surface area (Å²) in [6.45, 7) is 4.64. The van der Waals surface area contributed by atoms with Crippen molar-refractivity contribution in [2.45, 2.75) is 19.8 Å². The van der Waals surface area contributed by atoms with E-state index in [-0.39, 0.29) is 11.8 Å². The zero-order valence-corrected chi connectivity index (χ0v) is 15.1. The molecule has 132 valence electrons. The molecule has 1 fully saturated rings. The van der Waals surface area contributed by atoms with Crippen LogP contribution >= 0.6 is 11.3 Å². The molecule has 25 heavy (non-hydrogen) atoms. The molecule has 2 amide bonds. The molecule has 1 aromatic carbocycles. The summed E-state index contributed by atoms with van der Waals surface area (Å²) in [6.07, 6.45) is 2.41. The molecule has 1 unspecified atom stereocenters. The average molecular weight is 357 g/mol. The number of carbonyl (C=O) groups excluding carboxylic acids is 2. The standard InChI is InChI=1S/C19H23N3O2S/c1-14-4-2-10-22(12-14)13-18(23)20-15-6-8-16(9-7-15)21-19(24)17-5-3-11-25-17/h3,5-9,11,14H,2,4,10,12-13H2,1H3,(H,20,23)(H,21,24). The van der Waals surface area contributed by atoms with Gasteiger partial charge in [-0.25, -0.2) is 0 Å². The van der Waals surface area contributed by atoms with Crippen molar-refractivity contribution in [1.82, 2.24) is 4.90 Å². The van der Waals surface area contributed by atoms with E-state index in [2.05, 4.69) is 22.5 Å². The minimum Gasteiger partial charge on any atom is -0.325 e. The van der Waals surface area contributed by atoms with Gasteiger partial charge in [0.1, 0.15) is 0 Å². The molecule has 0 saturated carbocycles. The summed E-state index contributed by atoms with van der Waals surface area (Å²) < 4.78 is 0. The SMILES string of the molecule is CC1CCCN(CC(=O)Nc2ccc(NC(=O)c3cccs3)cc2)C1. The van der Waals surface area contributed by atoms with Gasteiger partial charge < -0.3 is 10.6 Å². The van der Waals surface area contributed by atoms with Crippen molar-refractivity contribution in [3.63, 3.8) is 0 Å². The van der Waals surface area contributed by atoms with Crippen LogP contribution in [0.3, 0.4) is 0 Å². The lowest BCUT2D eigenvalue weighted by atomic mass is 10.0. The van der Waals surface area contributed by atoms with Crippen molar-refractivity contribution in [1.29, 1.82) is 0 Å². The molecule has 1 aliphatic rings. The van der Waals surface area contributed by atoms with Gasteiger partial charge in [0.25, 0.3) is 5.91 Å². The Hall–Kier alpha value is -2.18. The molecule has 2 aromatic rings. The van der Waals surface area contributed by atoms with Crippen molar-refractivity contribution < 1.29 is 9.59 Å². The fourth-order valence-electron chi connectivity index (χ4n) is 3.07. The van der Waals surface area contributed by atoms with E-state index < -0.39 is 0 Å². The Morgan fingerprint density at radius 1 is 1.16 bits per heavy atom. The Morgan fingerprint density at radius 3 is 2.52 bits per heavy atom. The van der Waals surface area contributed by atoms with Gasteiger partial charge in [-0.15, -0.1) is 11.3 Å². The molecular weight excluding hydrogens is 334 g/mol. The van der Waals surface area contributed by atoms with Crippen molar-refractivity contribution >= 4 is 34.5 Å². The van der Waals surface area contributed by atoms with E-state index in [1.54, 1.807) is 30.3 Å². The number of amides is 2. The molecular formula is C19H23N3O2S. The van der Waals surface area contributed by atoms with Crippen LogP contribution < -0.4 is 10.6 Å². The van der Waals surface area contributed by atoms with Crippen LogP contribution in [-0.4, -0.2) is 36.3 Å². The Morgan fingerprint density at radius 2 is 1.88 bits per heavy atom. The molecule has 0 spiro atoms. The third kappa shape index (κ3) is 5.14. The highest BCUT2D eigenvalue weighted by Crippen LogP contribution is 2.17. The number of nitrogens with zero attached hydrogens (tertiary/aromatic N) is 1. The minimum atomic E-state index is -0.119. The number of rotatable bonds is 5. The highest BCUT2D eigenvalue weighted by atomic mass is 32.1. The maximum atomic E-state index is 12.2. The number of thiophene rings is 1. The lowest BCUT2D eigenvalue weighted by Crippen LogP contribution is -2.39. The summed E-state index contributed by atoms with van der Waals surface area (Å²) in [5, 5.41) is 7.64. The number of hydrogen-bond donors (Lipinski definition) is 2. The van der Waals surface area contributed by atoms with E-state index in [4.69, 9.17) is 0 Å². The normalized spacial score (nSPS) is 17.9. The quantitative estimate of drug-likeness (QED) is 0.858. The molecule has 0 aliphatic carbocycles. The maximum absolute atomic E-state index is 12.2. The van der Waals surface area contributed by atoms with Crippen LogP contribution in [0.1, 0.15) is 29.4 Å². The first kappa shape index (κ1) is 17.6. The predicted molar refractivity (Wildman–Crippen MR) is 102 cm³/mol. The van der Waals surface area contributed by atoms with Gasteiger partial charge in [-0.05, 0) is 61.0 Å². The highest BCUT2D eigenvalue weighted by Gasteiger charge is 2.18. The Labute approximate surface area is 152 Å². The Balaban J connectivity index is 1.50. The highest BCUT2D eigenvalue weighted by molar-refractivity contribution is 7.12. The van der Waals surface area contributed by atoms with Crippen LogP contribution in [0.25, 0.3) is 0 Å². The zero-order valence-electron chi connectivity index (χ0n) is 14.3. The van der Waals surface area contributed by atoms with Crippen LogP contribution in [0.5, 0.6) is 0 Å². The second-order valence-electron chi connectivity index (χ2n) is 6.54. The summed E-state index contributed by atoms with van der Waals surface area (Å²) in [6, 6.07) is 10.8. The fourth-order valence-corrected chi connectivity index (χ4v) is 3.69. The number of anilines is 2. The molecule has 1 saturated heterocycles. The van der Waals surface area contributed by atoms with Crippen LogP contribution in [0.15, 0.2) is 41.8 Å². The second-order valence-corrected chi connectivity index (χ2v) is 7.49. The Bertz CT molecular complexity index is 713. The van der Waals surface area contributed by atoms with E-state index in [1.807, 2.05) is 11.4 Å². The van der Waals surface area contributed by atoms with Gasteiger partial charge in [0, 0.05) is 17.9 Å². The third-order valence-electron chi connectivity index (χ3n) is 4.28. The third-order valence-corrected chi connectivity index (χ3v) is 5.15. The number of benzene rings is 1. The lowest BCUT2D eigenvalue weighted by molar-refractivity contribution is -0.117. The topological polar surface area (TPSA) is 61.4 Å². The van der Waals surface area contributed by atoms with Crippen LogP contribution in [-0.2, 0) is 4.79 Å². The van der Waals surface area contributed by atoms with Crippen molar-refractivity contribution in [3.8, 4) is 0 Å². The number of nitrogens with one attached hydrogen (secondary N) is 2. The van der Waals surface area contributed by atoms with E-state index >= 15 is 0 Å².